The molecule has 1 nitrogen and oxygen atoms in total. The summed E-state index contributed by atoms with van der Waals surface area (Å²) in [5, 5.41) is 0. The van der Waals surface area contributed by atoms with Gasteiger partial charge in [-0.05, 0) is 6.42 Å². The fourth-order valence-electron chi connectivity index (χ4n) is 0.367. The van der Waals surface area contributed by atoms with Crippen molar-refractivity contribution in [3.63, 3.8) is 0 Å². The van der Waals surface area contributed by atoms with E-state index in [9.17, 15) is 0 Å². The Balaban J connectivity index is 2.80. The quantitative estimate of drug-likeness (QED) is 0.324. The van der Waals surface area contributed by atoms with Crippen LogP contribution in [0.2, 0.25) is 0 Å². The summed E-state index contributed by atoms with van der Waals surface area (Å²) in [4.78, 5) is 0. The summed E-state index contributed by atoms with van der Waals surface area (Å²) in [5.41, 5.74) is 0. The van der Waals surface area contributed by atoms with Crippen LogP contribution in [0.1, 0.15) is 6.42 Å². The zero-order chi connectivity index (χ0) is 6.24. The summed E-state index contributed by atoms with van der Waals surface area (Å²) in [5.74, 6) is 0.601. The number of methoxy groups -OCH3 is 1. The van der Waals surface area contributed by atoms with Crippen LogP contribution in [0.5, 0.6) is 0 Å². The maximum atomic E-state index is 5.35. The smallest absolute Gasteiger partial charge is 0.0496 e. The fraction of sp³-hybridized carbons (Fsp3) is 0.667. The van der Waals surface area contributed by atoms with Crippen molar-refractivity contribution >= 4 is 11.6 Å². The lowest BCUT2D eigenvalue weighted by atomic mass is 10.4. The van der Waals surface area contributed by atoms with Gasteiger partial charge in [0.2, 0.25) is 0 Å². The molecule has 0 saturated carbocycles. The van der Waals surface area contributed by atoms with Crippen molar-refractivity contribution in [2.24, 2.45) is 0 Å². The van der Waals surface area contributed by atoms with Gasteiger partial charge in [-0.2, -0.15) is 0 Å². The average molecular weight is 135 g/mol. The van der Waals surface area contributed by atoms with Crippen LogP contribution < -0.4 is 0 Å². The molecule has 0 aliphatic heterocycles. The Hall–Kier alpha value is -0.0100. The first-order valence-corrected chi connectivity index (χ1v) is 3.15. The van der Waals surface area contributed by atoms with Crippen LogP contribution in [0.4, 0.5) is 0 Å². The van der Waals surface area contributed by atoms with E-state index < -0.39 is 0 Å². The SMILES string of the molecule is COCCC=CCCl. The van der Waals surface area contributed by atoms with Gasteiger partial charge in [0, 0.05) is 19.6 Å². The molecular weight excluding hydrogens is 124 g/mol. The normalized spacial score (nSPS) is 10.8. The van der Waals surface area contributed by atoms with Gasteiger partial charge in [0.05, 0.1) is 0 Å². The van der Waals surface area contributed by atoms with Gasteiger partial charge in [0.25, 0.3) is 0 Å². The van der Waals surface area contributed by atoms with E-state index >= 15 is 0 Å². The van der Waals surface area contributed by atoms with Gasteiger partial charge >= 0.3 is 0 Å². The van der Waals surface area contributed by atoms with Gasteiger partial charge in [-0.3, -0.25) is 0 Å². The third-order valence-corrected chi connectivity index (χ3v) is 0.923. The number of halogens is 1. The van der Waals surface area contributed by atoms with Crippen LogP contribution in [0.25, 0.3) is 0 Å². The molecule has 0 saturated heterocycles. The molecule has 0 N–H and O–H groups in total. The van der Waals surface area contributed by atoms with E-state index in [4.69, 9.17) is 16.3 Å². The Labute approximate surface area is 55.3 Å². The van der Waals surface area contributed by atoms with Crippen molar-refractivity contribution in [2.75, 3.05) is 19.6 Å². The number of hydrogen-bond donors (Lipinski definition) is 0. The summed E-state index contributed by atoms with van der Waals surface area (Å²) < 4.78 is 4.79. The predicted molar refractivity (Wildman–Crippen MR) is 36.4 cm³/mol. The molecule has 48 valence electrons. The summed E-state index contributed by atoms with van der Waals surface area (Å²) in [6.07, 6.45) is 4.89. The molecule has 0 aromatic rings. The largest absolute Gasteiger partial charge is 0.384 e. The molecule has 0 aromatic carbocycles. The number of ether oxygens (including phenoxy) is 1. The molecule has 0 amide bonds. The fourth-order valence-corrected chi connectivity index (χ4v) is 0.493. The third-order valence-electron chi connectivity index (χ3n) is 0.744. The van der Waals surface area contributed by atoms with Crippen molar-refractivity contribution in [3.8, 4) is 0 Å². The van der Waals surface area contributed by atoms with Gasteiger partial charge in [0.15, 0.2) is 0 Å². The number of hydrogen-bond acceptors (Lipinski definition) is 1. The summed E-state index contributed by atoms with van der Waals surface area (Å²) in [6, 6.07) is 0. The van der Waals surface area contributed by atoms with Crippen molar-refractivity contribution in [2.45, 2.75) is 6.42 Å². The minimum absolute atomic E-state index is 0.601. The van der Waals surface area contributed by atoms with Crippen LogP contribution in [-0.4, -0.2) is 19.6 Å². The summed E-state index contributed by atoms with van der Waals surface area (Å²) in [7, 11) is 1.69. The molecule has 0 radical (unpaired) electrons. The lowest BCUT2D eigenvalue weighted by Gasteiger charge is -1.88. The van der Waals surface area contributed by atoms with Gasteiger partial charge in [-0.25, -0.2) is 0 Å². The number of alkyl halides is 1. The molecule has 0 aromatic heterocycles. The molecule has 0 fully saturated rings. The van der Waals surface area contributed by atoms with E-state index in [0.29, 0.717) is 5.88 Å². The first-order chi connectivity index (χ1) is 3.91. The Morgan fingerprint density at radius 1 is 1.50 bits per heavy atom. The van der Waals surface area contributed by atoms with E-state index in [2.05, 4.69) is 0 Å². The van der Waals surface area contributed by atoms with Crippen molar-refractivity contribution in [1.82, 2.24) is 0 Å². The van der Waals surface area contributed by atoms with Crippen molar-refractivity contribution in [3.05, 3.63) is 12.2 Å². The lowest BCUT2D eigenvalue weighted by Crippen LogP contribution is -1.83. The molecular formula is C6H11ClO. The molecule has 8 heavy (non-hydrogen) atoms. The zero-order valence-corrected chi connectivity index (χ0v) is 5.82. The van der Waals surface area contributed by atoms with E-state index in [1.807, 2.05) is 12.2 Å². The van der Waals surface area contributed by atoms with E-state index in [1.165, 1.54) is 0 Å². The Morgan fingerprint density at radius 2 is 2.25 bits per heavy atom. The highest BCUT2D eigenvalue weighted by Gasteiger charge is 1.74. The molecule has 0 unspecified atom stereocenters. The molecule has 0 spiro atoms. The van der Waals surface area contributed by atoms with Crippen LogP contribution >= 0.6 is 11.6 Å². The summed E-state index contributed by atoms with van der Waals surface area (Å²) >= 11 is 5.35. The van der Waals surface area contributed by atoms with Crippen molar-refractivity contribution < 1.29 is 4.74 Å². The zero-order valence-electron chi connectivity index (χ0n) is 5.06. The van der Waals surface area contributed by atoms with E-state index in [-0.39, 0.29) is 0 Å². The topological polar surface area (TPSA) is 9.23 Å². The van der Waals surface area contributed by atoms with Crippen molar-refractivity contribution in [1.29, 1.82) is 0 Å². The van der Waals surface area contributed by atoms with Crippen LogP contribution in [0.15, 0.2) is 12.2 Å². The Bertz CT molecular complexity index is 61.5. The second-order valence-electron chi connectivity index (χ2n) is 1.41. The van der Waals surface area contributed by atoms with Gasteiger partial charge in [-0.15, -0.1) is 11.6 Å². The maximum Gasteiger partial charge on any atom is 0.0496 e. The lowest BCUT2D eigenvalue weighted by molar-refractivity contribution is 0.204. The van der Waals surface area contributed by atoms with Gasteiger partial charge in [-0.1, -0.05) is 12.2 Å². The van der Waals surface area contributed by atoms with Crippen LogP contribution in [0.3, 0.4) is 0 Å². The first-order valence-electron chi connectivity index (χ1n) is 2.61. The molecule has 0 rings (SSSR count). The minimum Gasteiger partial charge on any atom is -0.384 e. The Kier molecular flexibility index (Phi) is 6.98. The van der Waals surface area contributed by atoms with E-state index in [0.717, 1.165) is 13.0 Å². The summed E-state index contributed by atoms with van der Waals surface area (Å²) in [6.45, 7) is 0.785. The van der Waals surface area contributed by atoms with Crippen LogP contribution in [-0.2, 0) is 4.74 Å². The molecule has 0 aliphatic rings. The number of rotatable bonds is 4. The average Bonchev–Trinajstić information content (AvgIpc) is 1.81. The minimum atomic E-state index is 0.601. The molecule has 0 atom stereocenters. The molecule has 2 heteroatoms. The second-order valence-corrected chi connectivity index (χ2v) is 1.72. The standard InChI is InChI=1S/C6H11ClO/c1-8-6-4-2-3-5-7/h2-3H,4-6H2,1H3. The molecule has 0 aliphatic carbocycles. The monoisotopic (exact) mass is 134 g/mol. The van der Waals surface area contributed by atoms with Gasteiger partial charge < -0.3 is 4.74 Å². The Morgan fingerprint density at radius 3 is 2.75 bits per heavy atom. The van der Waals surface area contributed by atoms with Crippen LogP contribution in [0, 0.1) is 0 Å². The predicted octanol–water partition coefficient (Wildman–Crippen LogP) is 1.82. The molecule has 0 heterocycles. The number of allylic oxidation sites excluding steroid dienone is 1. The third kappa shape index (κ3) is 5.99. The highest BCUT2D eigenvalue weighted by molar-refractivity contribution is 6.18. The first kappa shape index (κ1) is 7.99. The van der Waals surface area contributed by atoms with E-state index in [1.54, 1.807) is 7.11 Å². The molecule has 0 bridgehead atoms. The van der Waals surface area contributed by atoms with Gasteiger partial charge in [0.1, 0.15) is 0 Å². The maximum absolute atomic E-state index is 5.35. The second kappa shape index (κ2) is 6.99. The highest BCUT2D eigenvalue weighted by atomic mass is 35.5. The highest BCUT2D eigenvalue weighted by Crippen LogP contribution is 1.84.